The second-order valence-electron chi connectivity index (χ2n) is 19.1. The largest absolute Gasteiger partial charge is 0.102 e. The molecule has 0 N–H and O–H groups in total. The van der Waals surface area contributed by atoms with Crippen LogP contribution in [0.2, 0.25) is 0 Å². The normalized spacial score (nSPS) is 16.7. The number of benzene rings is 7. The predicted octanol–water partition coefficient (Wildman–Crippen LogP) is 14.7. The van der Waals surface area contributed by atoms with Crippen LogP contribution in [0.5, 0.6) is 11.5 Å². The maximum absolute atomic E-state index is 6.19. The number of rotatable bonds is 9. The number of fused-ring (bicyclic) bond motifs is 3. The Kier molecular flexibility index (Phi) is 15.9. The molecule has 10 rings (SSSR count). The topological polar surface area (TPSA) is 21.7 Å². The van der Waals surface area contributed by atoms with E-state index >= 15 is 0 Å². The standard InChI is InChI=1S/C28H38NO2.C18H15P.C15H10.2ClH.Ru/c1-18(2)21-10-9-11-22(19(3)4)26(21)29-17-28(16-27(29,5)6)13-12-20-14-24(30-7)25(31-8)15-23(20)28;1-4-10-16(11-5-1)19(17-12-6-2-7-13-17)18-14-8-3-9-15-18;1-2-6-12(7-3-1)15-11-10-13-8-4-5-9-14(13)15;;;/h9-11,14-15,17-19H,12-13,16H2,1-8H3;1-15H;1-9,11H;2*1H;/q-1;;;;;+2/p-1/t28-;;;;;/m0...../s1. The Morgan fingerprint density at radius 3 is 1.56 bits per heavy atom. The molecule has 0 unspecified atom stereocenters. The van der Waals surface area contributed by atoms with Gasteiger partial charge in [-0.2, -0.15) is 0 Å². The van der Waals surface area contributed by atoms with Gasteiger partial charge in [-0.05, 0) is 104 Å². The summed E-state index contributed by atoms with van der Waals surface area (Å²) in [5, 5.41) is 4.31. The van der Waals surface area contributed by atoms with Gasteiger partial charge in [-0.15, -0.1) is 5.41 Å². The van der Waals surface area contributed by atoms with Gasteiger partial charge in [0.05, 0.1) is 22.1 Å². The number of aryl methyl sites for hydroxylation is 1. The van der Waals surface area contributed by atoms with Gasteiger partial charge in [0, 0.05) is 11.2 Å². The average Bonchev–Trinajstić information content (AvgIpc) is 4.01. The molecule has 7 heteroatoms. The van der Waals surface area contributed by atoms with Crippen molar-refractivity contribution >= 4 is 58.6 Å². The summed E-state index contributed by atoms with van der Waals surface area (Å²) in [5.74, 6) is 2.63. The van der Waals surface area contributed by atoms with E-state index in [9.17, 15) is 0 Å². The first-order chi connectivity index (χ1) is 32.9. The first kappa shape index (κ1) is 49.6. The molecule has 3 aliphatic rings. The van der Waals surface area contributed by atoms with Gasteiger partial charge in [0.25, 0.3) is 0 Å². The zero-order chi connectivity index (χ0) is 48.0. The molecule has 68 heavy (non-hydrogen) atoms. The third-order valence-corrected chi connectivity index (χ3v) is 19.4. The first-order valence-corrected chi connectivity index (χ1v) is 30.5. The summed E-state index contributed by atoms with van der Waals surface area (Å²) in [7, 11) is 15.0. The molecule has 7 aromatic rings. The van der Waals surface area contributed by atoms with E-state index in [1.807, 2.05) is 24.3 Å². The van der Waals surface area contributed by atoms with Crippen LogP contribution in [-0.2, 0) is 25.4 Å². The molecule has 0 amide bonds. The van der Waals surface area contributed by atoms with Crippen molar-refractivity contribution in [1.29, 1.82) is 0 Å². The zero-order valence-corrected chi connectivity index (χ0v) is 44.8. The Hall–Kier alpha value is -4.82. The van der Waals surface area contributed by atoms with Crippen LogP contribution in [0.3, 0.4) is 0 Å². The molecule has 2 aliphatic carbocycles. The Morgan fingerprint density at radius 2 is 1.07 bits per heavy atom. The minimum Gasteiger partial charge on any atom is -0.0620 e. The fourth-order valence-electron chi connectivity index (χ4n) is 10.4. The van der Waals surface area contributed by atoms with Crippen molar-refractivity contribution in [1.82, 2.24) is 0 Å². The van der Waals surface area contributed by atoms with Crippen LogP contribution < -0.4 is 30.3 Å². The monoisotopic (exact) mass is 1050 g/mol. The van der Waals surface area contributed by atoms with Crippen molar-refractivity contribution in [3.05, 3.63) is 227 Å². The Labute approximate surface area is 420 Å². The number of anilines is 1. The minimum atomic E-state index is -1.88. The van der Waals surface area contributed by atoms with Crippen LogP contribution in [0.1, 0.15) is 105 Å². The summed E-state index contributed by atoms with van der Waals surface area (Å²) in [5.41, 5.74) is 12.0. The van der Waals surface area contributed by atoms with Gasteiger partial charge in [-0.25, -0.2) is 6.54 Å². The summed E-state index contributed by atoms with van der Waals surface area (Å²) in [6.45, 7) is 16.6. The molecule has 1 saturated heterocycles. The summed E-state index contributed by atoms with van der Waals surface area (Å²) in [6, 6.07) is 62.5. The second kappa shape index (κ2) is 21.9. The van der Waals surface area contributed by atoms with Gasteiger partial charge in [-0.1, -0.05) is 112 Å². The smallest absolute Gasteiger partial charge is 0.0620 e. The van der Waals surface area contributed by atoms with Crippen LogP contribution in [-0.4, -0.2) is 23.9 Å². The number of halogens is 2. The number of nitrogens with zero attached hydrogens (tertiary/aromatic N) is 1. The molecule has 0 aromatic heterocycles. The molecule has 1 aliphatic heterocycles. The van der Waals surface area contributed by atoms with Crippen LogP contribution in [0.4, 0.5) is 5.69 Å². The Morgan fingerprint density at radius 1 is 0.603 bits per heavy atom. The number of para-hydroxylation sites is 1. The molecular formula is C61H64Cl2NO2PRu. The molecule has 3 nitrogen and oxygen atoms in total. The second-order valence-corrected chi connectivity index (χ2v) is 27.4. The molecular weight excluding hydrogens is 982 g/mol. The van der Waals surface area contributed by atoms with E-state index in [1.165, 1.54) is 66.1 Å². The summed E-state index contributed by atoms with van der Waals surface area (Å²) >= 11 is -1.88. The molecule has 1 heterocycles. The molecule has 1 fully saturated rings. The van der Waals surface area contributed by atoms with Crippen molar-refractivity contribution in [3.8, 4) is 11.5 Å². The van der Waals surface area contributed by atoms with Gasteiger partial charge in [-0.3, -0.25) is 0 Å². The third kappa shape index (κ3) is 10.5. The van der Waals surface area contributed by atoms with Crippen LogP contribution in [0.25, 0.3) is 5.57 Å². The van der Waals surface area contributed by atoms with Crippen molar-refractivity contribution in [2.75, 3.05) is 19.1 Å². The van der Waals surface area contributed by atoms with E-state index in [1.54, 1.807) is 14.2 Å². The number of hydrogen-bond acceptors (Lipinski definition) is 3. The molecule has 0 bridgehead atoms. The summed E-state index contributed by atoms with van der Waals surface area (Å²) in [4.78, 5) is 2.61. The fourth-order valence-corrected chi connectivity index (χ4v) is 15.4. The van der Waals surface area contributed by atoms with E-state index < -0.39 is 21.4 Å². The van der Waals surface area contributed by atoms with E-state index in [-0.39, 0.29) is 11.0 Å². The SMILES string of the molecule is COc1cc2c(cc1OC)[C@@]1([CH-]N(c3c(C(C)C)cccc3C(C)C)C(C)(C)C1)CC2.[Cl][Ru]([Cl])=[C]1C=C(c2ccccc2)c2ccccc21.c1ccc([PH+](c2ccccc2)c2ccccc2)cc1. The number of ether oxygens (including phenoxy) is 2. The van der Waals surface area contributed by atoms with Crippen LogP contribution in [0.15, 0.2) is 182 Å². The Bertz CT molecular complexity index is 2760. The summed E-state index contributed by atoms with van der Waals surface area (Å²) < 4.78 is 12.4. The van der Waals surface area contributed by atoms with Crippen LogP contribution >= 0.6 is 27.3 Å². The van der Waals surface area contributed by atoms with E-state index in [0.29, 0.717) is 11.8 Å². The molecule has 1 spiro atoms. The van der Waals surface area contributed by atoms with Gasteiger partial charge >= 0.3 is 120 Å². The maximum atomic E-state index is 6.19. The van der Waals surface area contributed by atoms with Gasteiger partial charge in [0.15, 0.2) is 11.5 Å². The third-order valence-electron chi connectivity index (χ3n) is 13.5. The minimum absolute atomic E-state index is 0.0312. The average molecular weight is 1050 g/mol. The predicted molar refractivity (Wildman–Crippen MR) is 292 cm³/mol. The van der Waals surface area contributed by atoms with Crippen molar-refractivity contribution in [2.24, 2.45) is 0 Å². The van der Waals surface area contributed by atoms with Gasteiger partial charge in [0.2, 0.25) is 0 Å². The Balaban J connectivity index is 0.000000146. The quantitative estimate of drug-likeness (QED) is 0.0817. The fraction of sp³-hybridized carbons (Fsp3) is 0.246. The number of allylic oxidation sites excluding steroid dienone is 1. The van der Waals surface area contributed by atoms with Crippen molar-refractivity contribution in [3.63, 3.8) is 0 Å². The molecule has 352 valence electrons. The van der Waals surface area contributed by atoms with Crippen molar-refractivity contribution in [2.45, 2.75) is 83.6 Å². The number of methoxy groups -OCH3 is 2. The molecule has 1 atom stereocenters. The summed E-state index contributed by atoms with van der Waals surface area (Å²) in [6.07, 6.45) is 5.48. The molecule has 0 saturated carbocycles. The van der Waals surface area contributed by atoms with Crippen LogP contribution in [0, 0.1) is 6.54 Å². The van der Waals surface area contributed by atoms with Gasteiger partial charge < -0.3 is 14.4 Å². The molecule has 7 aromatic carbocycles. The van der Waals surface area contributed by atoms with E-state index in [0.717, 1.165) is 34.9 Å². The number of hydrogen-bond donors (Lipinski definition) is 0. The molecule has 0 radical (unpaired) electrons. The zero-order valence-electron chi connectivity index (χ0n) is 40.5. The maximum Gasteiger partial charge on any atom is 0.102 e. The first-order valence-electron chi connectivity index (χ1n) is 23.7. The van der Waals surface area contributed by atoms with Gasteiger partial charge in [0.1, 0.15) is 15.9 Å². The van der Waals surface area contributed by atoms with Crippen molar-refractivity contribution < 1.29 is 23.0 Å². The van der Waals surface area contributed by atoms with E-state index in [4.69, 9.17) is 28.9 Å². The van der Waals surface area contributed by atoms with E-state index in [2.05, 4.69) is 211 Å².